The first-order valence-electron chi connectivity index (χ1n) is 9.63. The van der Waals surface area contributed by atoms with Gasteiger partial charge in [-0.25, -0.2) is 0 Å². The summed E-state index contributed by atoms with van der Waals surface area (Å²) in [6.07, 6.45) is 3.32. The van der Waals surface area contributed by atoms with Crippen LogP contribution in [-0.2, 0) is 9.59 Å². The van der Waals surface area contributed by atoms with E-state index < -0.39 is 0 Å². The van der Waals surface area contributed by atoms with Crippen molar-refractivity contribution in [1.82, 2.24) is 10.6 Å². The Morgan fingerprint density at radius 1 is 0.920 bits per heavy atom. The van der Waals surface area contributed by atoms with E-state index >= 15 is 0 Å². The van der Waals surface area contributed by atoms with Crippen LogP contribution in [0.5, 0.6) is 0 Å². The Hall–Kier alpha value is -1.88. The average Bonchev–Trinajstić information content (AvgIpc) is 2.68. The molecular formula is C20H33N3O2. The normalized spacial score (nSPS) is 20.4. The zero-order valence-corrected chi connectivity index (χ0v) is 16.0. The third-order valence-corrected chi connectivity index (χ3v) is 4.30. The zero-order valence-electron chi connectivity index (χ0n) is 16.0. The van der Waals surface area contributed by atoms with Gasteiger partial charge in [-0.1, -0.05) is 39.8 Å². The molecule has 140 valence electrons. The fraction of sp³-hybridized carbons (Fsp3) is 0.600. The van der Waals surface area contributed by atoms with Gasteiger partial charge in [-0.05, 0) is 56.0 Å². The highest BCUT2D eigenvalue weighted by Gasteiger charge is 2.26. The fourth-order valence-corrected chi connectivity index (χ4v) is 3.04. The van der Waals surface area contributed by atoms with Gasteiger partial charge in [0.1, 0.15) is 6.04 Å². The van der Waals surface area contributed by atoms with Gasteiger partial charge in [0.15, 0.2) is 0 Å². The van der Waals surface area contributed by atoms with Crippen LogP contribution in [0.2, 0.25) is 0 Å². The zero-order chi connectivity index (χ0) is 18.7. The molecule has 3 N–H and O–H groups in total. The summed E-state index contributed by atoms with van der Waals surface area (Å²) in [4.78, 5) is 22.8. The van der Waals surface area contributed by atoms with Gasteiger partial charge in [-0.3, -0.25) is 14.9 Å². The van der Waals surface area contributed by atoms with Gasteiger partial charge in [0.2, 0.25) is 11.8 Å². The maximum Gasteiger partial charge on any atom is 0.249 e. The molecule has 2 saturated heterocycles. The largest absolute Gasteiger partial charge is 0.374 e. The molecule has 5 heteroatoms. The molecule has 25 heavy (non-hydrogen) atoms. The van der Waals surface area contributed by atoms with Crippen molar-refractivity contribution in [3.8, 4) is 0 Å². The van der Waals surface area contributed by atoms with Crippen molar-refractivity contribution in [1.29, 1.82) is 0 Å². The van der Waals surface area contributed by atoms with Gasteiger partial charge >= 0.3 is 0 Å². The van der Waals surface area contributed by atoms with Gasteiger partial charge < -0.3 is 10.6 Å². The SMILES string of the molecule is CC.CC.O=C1CCC(Nc2ccc(C3CCNCC3)cc2)C(=O)N1. The van der Waals surface area contributed by atoms with E-state index in [-0.39, 0.29) is 17.9 Å². The topological polar surface area (TPSA) is 70.2 Å². The van der Waals surface area contributed by atoms with Crippen molar-refractivity contribution < 1.29 is 9.59 Å². The van der Waals surface area contributed by atoms with E-state index in [0.717, 1.165) is 18.8 Å². The molecule has 2 aliphatic rings. The number of benzene rings is 1. The van der Waals surface area contributed by atoms with E-state index in [1.165, 1.54) is 18.4 Å². The summed E-state index contributed by atoms with van der Waals surface area (Å²) < 4.78 is 0. The molecule has 3 rings (SSSR count). The molecule has 0 saturated carbocycles. The van der Waals surface area contributed by atoms with Gasteiger partial charge in [0, 0.05) is 12.1 Å². The molecule has 2 amide bonds. The number of hydrogen-bond acceptors (Lipinski definition) is 4. The van der Waals surface area contributed by atoms with Gasteiger partial charge in [-0.15, -0.1) is 0 Å². The smallest absolute Gasteiger partial charge is 0.249 e. The number of hydrogen-bond donors (Lipinski definition) is 3. The van der Waals surface area contributed by atoms with Gasteiger partial charge in [0.25, 0.3) is 0 Å². The minimum absolute atomic E-state index is 0.181. The predicted molar refractivity (Wildman–Crippen MR) is 104 cm³/mol. The lowest BCUT2D eigenvalue weighted by atomic mass is 9.90. The van der Waals surface area contributed by atoms with Crippen LogP contribution in [-0.4, -0.2) is 30.9 Å². The van der Waals surface area contributed by atoms with Crippen LogP contribution in [0, 0.1) is 0 Å². The molecule has 2 heterocycles. The quantitative estimate of drug-likeness (QED) is 0.733. The summed E-state index contributed by atoms with van der Waals surface area (Å²) in [5.41, 5.74) is 2.30. The van der Waals surface area contributed by atoms with Crippen molar-refractivity contribution in [2.75, 3.05) is 18.4 Å². The minimum atomic E-state index is -0.313. The molecule has 0 aromatic heterocycles. The second-order valence-electron chi connectivity index (χ2n) is 5.79. The lowest BCUT2D eigenvalue weighted by molar-refractivity contribution is -0.133. The summed E-state index contributed by atoms with van der Waals surface area (Å²) in [7, 11) is 0. The number of nitrogens with one attached hydrogen (secondary N) is 3. The molecule has 0 radical (unpaired) electrons. The molecule has 1 aromatic carbocycles. The average molecular weight is 348 g/mol. The molecule has 0 bridgehead atoms. The molecule has 0 aliphatic carbocycles. The maximum atomic E-state index is 11.7. The van der Waals surface area contributed by atoms with Crippen LogP contribution in [0.15, 0.2) is 24.3 Å². The Bertz CT molecular complexity index is 522. The number of carbonyl (C=O) groups excluding carboxylic acids is 2. The van der Waals surface area contributed by atoms with Crippen LogP contribution in [0.4, 0.5) is 5.69 Å². The predicted octanol–water partition coefficient (Wildman–Crippen LogP) is 3.42. The number of amides is 2. The second kappa shape index (κ2) is 11.6. The van der Waals surface area contributed by atoms with Gasteiger partial charge in [-0.2, -0.15) is 0 Å². The van der Waals surface area contributed by atoms with Crippen molar-refractivity contribution in [2.45, 2.75) is 65.3 Å². The highest BCUT2D eigenvalue weighted by atomic mass is 16.2. The van der Waals surface area contributed by atoms with Crippen molar-refractivity contribution >= 4 is 17.5 Å². The molecule has 1 unspecified atom stereocenters. The van der Waals surface area contributed by atoms with Crippen LogP contribution in [0.1, 0.15) is 64.9 Å². The Labute approximate surface area is 152 Å². The molecule has 5 nitrogen and oxygen atoms in total. The molecular weight excluding hydrogens is 314 g/mol. The lowest BCUT2D eigenvalue weighted by Gasteiger charge is -2.24. The summed E-state index contributed by atoms with van der Waals surface area (Å²) in [5, 5.41) is 8.94. The van der Waals surface area contributed by atoms with E-state index in [0.29, 0.717) is 18.8 Å². The van der Waals surface area contributed by atoms with Crippen LogP contribution < -0.4 is 16.0 Å². The summed E-state index contributed by atoms with van der Waals surface area (Å²) >= 11 is 0. The molecule has 2 fully saturated rings. The fourth-order valence-electron chi connectivity index (χ4n) is 3.04. The van der Waals surface area contributed by atoms with E-state index in [9.17, 15) is 9.59 Å². The number of piperidine rings is 2. The highest BCUT2D eigenvalue weighted by Crippen LogP contribution is 2.26. The first-order chi connectivity index (χ1) is 12.2. The lowest BCUT2D eigenvalue weighted by Crippen LogP contribution is -2.47. The third-order valence-electron chi connectivity index (χ3n) is 4.30. The first-order valence-corrected chi connectivity index (χ1v) is 9.63. The minimum Gasteiger partial charge on any atom is -0.374 e. The summed E-state index contributed by atoms with van der Waals surface area (Å²) in [6.45, 7) is 10.2. The standard InChI is InChI=1S/C16H21N3O2.2C2H6/c20-15-6-5-14(16(21)19-15)18-13-3-1-11(2-4-13)12-7-9-17-10-8-12;2*1-2/h1-4,12,14,17-18H,5-10H2,(H,19,20,21);2*1-2H3. The number of anilines is 1. The molecule has 1 aromatic rings. The third kappa shape index (κ3) is 6.50. The number of rotatable bonds is 3. The second-order valence-corrected chi connectivity index (χ2v) is 5.79. The Kier molecular flexibility index (Phi) is 9.85. The highest BCUT2D eigenvalue weighted by molar-refractivity contribution is 6.01. The Morgan fingerprint density at radius 2 is 1.52 bits per heavy atom. The van der Waals surface area contributed by atoms with Crippen molar-refractivity contribution in [3.63, 3.8) is 0 Å². The first kappa shape index (κ1) is 21.2. The van der Waals surface area contributed by atoms with Crippen LogP contribution in [0.3, 0.4) is 0 Å². The van der Waals surface area contributed by atoms with Crippen molar-refractivity contribution in [3.05, 3.63) is 29.8 Å². The van der Waals surface area contributed by atoms with Crippen LogP contribution in [0.25, 0.3) is 0 Å². The maximum absolute atomic E-state index is 11.7. The number of carbonyl (C=O) groups is 2. The Balaban J connectivity index is 0.000000730. The van der Waals surface area contributed by atoms with Crippen molar-refractivity contribution in [2.24, 2.45) is 0 Å². The number of imide groups is 1. The van der Waals surface area contributed by atoms with E-state index in [4.69, 9.17) is 0 Å². The van der Waals surface area contributed by atoms with Crippen LogP contribution >= 0.6 is 0 Å². The summed E-state index contributed by atoms with van der Waals surface area (Å²) in [5.74, 6) is 0.226. The molecule has 2 aliphatic heterocycles. The summed E-state index contributed by atoms with van der Waals surface area (Å²) in [6, 6.07) is 8.03. The molecule has 1 atom stereocenters. The van der Waals surface area contributed by atoms with E-state index in [1.54, 1.807) is 0 Å². The Morgan fingerprint density at radius 3 is 2.08 bits per heavy atom. The van der Waals surface area contributed by atoms with E-state index in [2.05, 4.69) is 28.1 Å². The van der Waals surface area contributed by atoms with E-state index in [1.807, 2.05) is 39.8 Å². The van der Waals surface area contributed by atoms with Gasteiger partial charge in [0.05, 0.1) is 0 Å². The molecule has 0 spiro atoms. The monoisotopic (exact) mass is 347 g/mol.